The molecule has 0 aliphatic carbocycles. The molecule has 1 amide bonds. The van der Waals surface area contributed by atoms with E-state index in [-0.39, 0.29) is 5.91 Å². The number of hydrogen-bond acceptors (Lipinski definition) is 2. The minimum absolute atomic E-state index is 0.107. The van der Waals surface area contributed by atoms with Gasteiger partial charge in [0, 0.05) is 22.8 Å². The number of benzene rings is 2. The van der Waals surface area contributed by atoms with Crippen LogP contribution in [0.4, 0.5) is 5.69 Å². The highest BCUT2D eigenvalue weighted by Crippen LogP contribution is 2.20. The van der Waals surface area contributed by atoms with Crippen LogP contribution in [-0.4, -0.2) is 13.0 Å². The fourth-order valence-corrected chi connectivity index (χ4v) is 2.56. The molecular weight excluding hydrogens is 316 g/mol. The SMILES string of the molecule is Cc1cc(Br)cc(C(=O)N(C)c2cccc(C#N)c2)c1. The molecule has 0 atom stereocenters. The van der Waals surface area contributed by atoms with E-state index in [9.17, 15) is 4.79 Å². The van der Waals surface area contributed by atoms with Crippen LogP contribution in [0.2, 0.25) is 0 Å². The van der Waals surface area contributed by atoms with Gasteiger partial charge in [-0.3, -0.25) is 4.79 Å². The molecule has 0 unspecified atom stereocenters. The van der Waals surface area contributed by atoms with E-state index >= 15 is 0 Å². The normalized spacial score (nSPS) is 9.90. The van der Waals surface area contributed by atoms with Crippen molar-refractivity contribution in [3.05, 3.63) is 63.6 Å². The van der Waals surface area contributed by atoms with E-state index in [2.05, 4.69) is 22.0 Å². The molecule has 4 heteroatoms. The fourth-order valence-electron chi connectivity index (χ4n) is 1.95. The van der Waals surface area contributed by atoms with Crippen molar-refractivity contribution in [2.45, 2.75) is 6.92 Å². The average molecular weight is 329 g/mol. The van der Waals surface area contributed by atoms with Crippen LogP contribution in [0, 0.1) is 18.3 Å². The lowest BCUT2D eigenvalue weighted by molar-refractivity contribution is 0.0993. The Labute approximate surface area is 126 Å². The zero-order valence-electron chi connectivity index (χ0n) is 11.2. The summed E-state index contributed by atoms with van der Waals surface area (Å²) in [6, 6.07) is 14.6. The minimum Gasteiger partial charge on any atom is -0.311 e. The lowest BCUT2D eigenvalue weighted by Crippen LogP contribution is -2.26. The van der Waals surface area contributed by atoms with Gasteiger partial charge in [-0.2, -0.15) is 5.26 Å². The molecule has 100 valence electrons. The summed E-state index contributed by atoms with van der Waals surface area (Å²) in [5.41, 5.74) is 2.86. The lowest BCUT2D eigenvalue weighted by Gasteiger charge is -2.18. The summed E-state index contributed by atoms with van der Waals surface area (Å²) in [5.74, 6) is -0.107. The summed E-state index contributed by atoms with van der Waals surface area (Å²) in [5, 5.41) is 8.91. The van der Waals surface area contributed by atoms with Crippen molar-refractivity contribution in [3.63, 3.8) is 0 Å². The van der Waals surface area contributed by atoms with E-state index in [0.29, 0.717) is 16.8 Å². The summed E-state index contributed by atoms with van der Waals surface area (Å²) in [7, 11) is 1.70. The van der Waals surface area contributed by atoms with Crippen molar-refractivity contribution in [1.82, 2.24) is 0 Å². The largest absolute Gasteiger partial charge is 0.311 e. The van der Waals surface area contributed by atoms with Crippen molar-refractivity contribution in [2.75, 3.05) is 11.9 Å². The molecule has 0 N–H and O–H groups in total. The molecule has 3 nitrogen and oxygen atoms in total. The molecule has 2 aromatic carbocycles. The molecule has 2 aromatic rings. The van der Waals surface area contributed by atoms with Gasteiger partial charge >= 0.3 is 0 Å². The Bertz CT molecular complexity index is 684. The van der Waals surface area contributed by atoms with Crippen LogP contribution < -0.4 is 4.90 Å². The smallest absolute Gasteiger partial charge is 0.258 e. The van der Waals surface area contributed by atoms with Crippen molar-refractivity contribution in [3.8, 4) is 6.07 Å². The maximum atomic E-state index is 12.5. The second kappa shape index (κ2) is 5.89. The first-order chi connectivity index (χ1) is 9.51. The first-order valence-corrected chi connectivity index (χ1v) is 6.86. The fraction of sp³-hybridized carbons (Fsp3) is 0.125. The van der Waals surface area contributed by atoms with Gasteiger partial charge < -0.3 is 4.90 Å². The molecule has 0 heterocycles. The van der Waals surface area contributed by atoms with Crippen LogP contribution in [0.25, 0.3) is 0 Å². The summed E-state index contributed by atoms with van der Waals surface area (Å²) < 4.78 is 0.875. The molecule has 0 spiro atoms. The number of hydrogen-bond donors (Lipinski definition) is 0. The number of nitrogens with zero attached hydrogens (tertiary/aromatic N) is 2. The molecule has 0 aliphatic rings. The molecular formula is C16H13BrN2O. The first-order valence-electron chi connectivity index (χ1n) is 6.06. The molecule has 0 fully saturated rings. The van der Waals surface area contributed by atoms with Gasteiger partial charge in [0.05, 0.1) is 11.6 Å². The van der Waals surface area contributed by atoms with Crippen molar-refractivity contribution >= 4 is 27.5 Å². The van der Waals surface area contributed by atoms with Gasteiger partial charge in [0.2, 0.25) is 0 Å². The minimum atomic E-state index is -0.107. The number of carbonyl (C=O) groups is 1. The molecule has 0 bridgehead atoms. The Balaban J connectivity index is 2.35. The first kappa shape index (κ1) is 14.3. The Morgan fingerprint density at radius 3 is 2.65 bits per heavy atom. The molecule has 2 rings (SSSR count). The number of rotatable bonds is 2. The zero-order valence-corrected chi connectivity index (χ0v) is 12.8. The van der Waals surface area contributed by atoms with Crippen molar-refractivity contribution < 1.29 is 4.79 Å². The number of carbonyl (C=O) groups excluding carboxylic acids is 1. The van der Waals surface area contributed by atoms with E-state index in [0.717, 1.165) is 10.0 Å². The Morgan fingerprint density at radius 2 is 2.00 bits per heavy atom. The van der Waals surface area contributed by atoms with Gasteiger partial charge in [0.15, 0.2) is 0 Å². The monoisotopic (exact) mass is 328 g/mol. The van der Waals surface area contributed by atoms with Crippen LogP contribution >= 0.6 is 15.9 Å². The third-order valence-corrected chi connectivity index (χ3v) is 3.41. The van der Waals surface area contributed by atoms with Crippen LogP contribution in [0.15, 0.2) is 46.9 Å². The predicted octanol–water partition coefficient (Wildman–Crippen LogP) is 3.91. The van der Waals surface area contributed by atoms with Gasteiger partial charge in [0.1, 0.15) is 0 Å². The molecule has 0 radical (unpaired) electrons. The van der Waals surface area contributed by atoms with Gasteiger partial charge in [-0.25, -0.2) is 0 Å². The van der Waals surface area contributed by atoms with E-state index in [4.69, 9.17) is 5.26 Å². The highest BCUT2D eigenvalue weighted by Gasteiger charge is 2.14. The quantitative estimate of drug-likeness (QED) is 0.838. The molecule has 0 aromatic heterocycles. The Hall–Kier alpha value is -2.12. The Kier molecular flexibility index (Phi) is 4.21. The Morgan fingerprint density at radius 1 is 1.25 bits per heavy atom. The number of nitriles is 1. The summed E-state index contributed by atoms with van der Waals surface area (Å²) in [6.07, 6.45) is 0. The third kappa shape index (κ3) is 3.06. The van der Waals surface area contributed by atoms with Gasteiger partial charge in [-0.1, -0.05) is 22.0 Å². The maximum Gasteiger partial charge on any atom is 0.258 e. The molecule has 0 saturated carbocycles. The van der Waals surface area contributed by atoms with Crippen LogP contribution in [0.5, 0.6) is 0 Å². The van der Waals surface area contributed by atoms with Gasteiger partial charge in [-0.05, 0) is 48.9 Å². The van der Waals surface area contributed by atoms with E-state index < -0.39 is 0 Å². The van der Waals surface area contributed by atoms with E-state index in [1.165, 1.54) is 0 Å². The van der Waals surface area contributed by atoms with Crippen LogP contribution in [-0.2, 0) is 0 Å². The predicted molar refractivity (Wildman–Crippen MR) is 82.8 cm³/mol. The van der Waals surface area contributed by atoms with Crippen molar-refractivity contribution in [2.24, 2.45) is 0 Å². The van der Waals surface area contributed by atoms with E-state index in [1.807, 2.05) is 25.1 Å². The standard InChI is InChI=1S/C16H13BrN2O/c1-11-6-13(9-14(17)7-11)16(20)19(2)15-5-3-4-12(8-15)10-18/h3-9H,1-2H3. The second-order valence-corrected chi connectivity index (χ2v) is 5.46. The third-order valence-electron chi connectivity index (χ3n) is 2.96. The number of aryl methyl sites for hydroxylation is 1. The highest BCUT2D eigenvalue weighted by atomic mass is 79.9. The van der Waals surface area contributed by atoms with Gasteiger partial charge in [0.25, 0.3) is 5.91 Å². The summed E-state index contributed by atoms with van der Waals surface area (Å²) >= 11 is 3.40. The van der Waals surface area contributed by atoms with E-state index in [1.54, 1.807) is 36.2 Å². The highest BCUT2D eigenvalue weighted by molar-refractivity contribution is 9.10. The lowest BCUT2D eigenvalue weighted by atomic mass is 10.1. The maximum absolute atomic E-state index is 12.5. The molecule has 20 heavy (non-hydrogen) atoms. The number of anilines is 1. The number of halogens is 1. The summed E-state index contributed by atoms with van der Waals surface area (Å²) in [6.45, 7) is 1.94. The zero-order chi connectivity index (χ0) is 14.7. The molecule has 0 saturated heterocycles. The molecule has 0 aliphatic heterocycles. The van der Waals surface area contributed by atoms with Crippen molar-refractivity contribution in [1.29, 1.82) is 5.26 Å². The second-order valence-electron chi connectivity index (χ2n) is 4.54. The summed E-state index contributed by atoms with van der Waals surface area (Å²) in [4.78, 5) is 14.0. The average Bonchev–Trinajstić information content (AvgIpc) is 2.44. The number of amides is 1. The van der Waals surface area contributed by atoms with Crippen LogP contribution in [0.3, 0.4) is 0 Å². The topological polar surface area (TPSA) is 44.1 Å². The van der Waals surface area contributed by atoms with Gasteiger partial charge in [-0.15, -0.1) is 0 Å². The van der Waals surface area contributed by atoms with Crippen LogP contribution in [0.1, 0.15) is 21.5 Å².